The van der Waals surface area contributed by atoms with E-state index in [9.17, 15) is 9.59 Å². The normalized spacial score (nSPS) is 20.9. The fourth-order valence-electron chi connectivity index (χ4n) is 2.72. The molecule has 126 valence electrons. The SMILES string of the molecule is CCOc1ccccc1OCC(=O)N1CC(C(=O)O)CCC1C. The van der Waals surface area contributed by atoms with E-state index in [0.29, 0.717) is 30.9 Å². The van der Waals surface area contributed by atoms with Crippen LogP contribution in [0.1, 0.15) is 26.7 Å². The number of carboxylic acid groups (broad SMARTS) is 1. The first-order valence-electron chi connectivity index (χ1n) is 7.89. The van der Waals surface area contributed by atoms with Gasteiger partial charge in [-0.3, -0.25) is 9.59 Å². The molecule has 0 bridgehead atoms. The number of hydrogen-bond donors (Lipinski definition) is 1. The molecule has 2 rings (SSSR count). The van der Waals surface area contributed by atoms with Crippen LogP contribution in [0.15, 0.2) is 24.3 Å². The van der Waals surface area contributed by atoms with Gasteiger partial charge in [-0.15, -0.1) is 0 Å². The predicted octanol–water partition coefficient (Wildman–Crippen LogP) is 2.18. The average Bonchev–Trinajstić information content (AvgIpc) is 2.54. The highest BCUT2D eigenvalue weighted by molar-refractivity contribution is 5.79. The number of hydrogen-bond acceptors (Lipinski definition) is 4. The second-order valence-corrected chi connectivity index (χ2v) is 5.68. The molecule has 1 aliphatic heterocycles. The topological polar surface area (TPSA) is 76.1 Å². The van der Waals surface area contributed by atoms with Crippen molar-refractivity contribution >= 4 is 11.9 Å². The summed E-state index contributed by atoms with van der Waals surface area (Å²) >= 11 is 0. The number of carboxylic acids is 1. The maximum absolute atomic E-state index is 12.4. The molecule has 0 saturated carbocycles. The molecule has 1 fully saturated rings. The van der Waals surface area contributed by atoms with Crippen LogP contribution in [-0.2, 0) is 9.59 Å². The molecule has 2 unspecified atom stereocenters. The maximum atomic E-state index is 12.4. The number of benzene rings is 1. The van der Waals surface area contributed by atoms with Gasteiger partial charge in [0.25, 0.3) is 5.91 Å². The first-order chi connectivity index (χ1) is 11.0. The van der Waals surface area contributed by atoms with Crippen molar-refractivity contribution in [1.82, 2.24) is 4.90 Å². The van der Waals surface area contributed by atoms with Gasteiger partial charge in [-0.05, 0) is 38.8 Å². The number of likely N-dealkylation sites (tertiary alicyclic amines) is 1. The van der Waals surface area contributed by atoms with E-state index in [2.05, 4.69) is 0 Å². The van der Waals surface area contributed by atoms with Gasteiger partial charge in [-0.2, -0.15) is 0 Å². The van der Waals surface area contributed by atoms with Crippen molar-refractivity contribution in [3.63, 3.8) is 0 Å². The largest absolute Gasteiger partial charge is 0.490 e. The Bertz CT molecular complexity index is 560. The Morgan fingerprint density at radius 3 is 2.48 bits per heavy atom. The number of ether oxygens (including phenoxy) is 2. The summed E-state index contributed by atoms with van der Waals surface area (Å²) in [7, 11) is 0. The Morgan fingerprint density at radius 1 is 1.22 bits per heavy atom. The predicted molar refractivity (Wildman–Crippen MR) is 84.6 cm³/mol. The number of nitrogens with zero attached hydrogens (tertiary/aromatic N) is 1. The third-order valence-corrected chi connectivity index (χ3v) is 4.05. The minimum absolute atomic E-state index is 0.0313. The van der Waals surface area contributed by atoms with Crippen molar-refractivity contribution in [2.75, 3.05) is 19.8 Å². The molecule has 1 aromatic rings. The van der Waals surface area contributed by atoms with Gasteiger partial charge in [0.1, 0.15) is 0 Å². The van der Waals surface area contributed by atoms with Crippen molar-refractivity contribution in [3.05, 3.63) is 24.3 Å². The number of carbonyl (C=O) groups is 2. The summed E-state index contributed by atoms with van der Waals surface area (Å²) in [5.41, 5.74) is 0. The first-order valence-corrected chi connectivity index (χ1v) is 7.89. The third-order valence-electron chi connectivity index (χ3n) is 4.05. The summed E-state index contributed by atoms with van der Waals surface area (Å²) in [5, 5.41) is 9.14. The second kappa shape index (κ2) is 7.85. The minimum Gasteiger partial charge on any atom is -0.490 e. The Kier molecular flexibility index (Phi) is 5.84. The van der Waals surface area contributed by atoms with E-state index >= 15 is 0 Å². The monoisotopic (exact) mass is 321 g/mol. The first kappa shape index (κ1) is 17.1. The van der Waals surface area contributed by atoms with Crippen molar-refractivity contribution in [1.29, 1.82) is 0 Å². The molecule has 0 aliphatic carbocycles. The molecule has 0 spiro atoms. The molecular formula is C17H23NO5. The van der Waals surface area contributed by atoms with Gasteiger partial charge in [0.15, 0.2) is 18.1 Å². The van der Waals surface area contributed by atoms with Gasteiger partial charge >= 0.3 is 5.97 Å². The third kappa shape index (κ3) is 4.37. The lowest BCUT2D eigenvalue weighted by molar-refractivity contribution is -0.147. The number of rotatable bonds is 6. The molecule has 1 N–H and O–H groups in total. The Morgan fingerprint density at radius 2 is 1.87 bits per heavy atom. The number of amides is 1. The van der Waals surface area contributed by atoms with Crippen LogP contribution in [0, 0.1) is 5.92 Å². The molecule has 6 heteroatoms. The van der Waals surface area contributed by atoms with Crippen LogP contribution >= 0.6 is 0 Å². The van der Waals surface area contributed by atoms with Crippen LogP contribution < -0.4 is 9.47 Å². The molecule has 1 heterocycles. The Balaban J connectivity index is 1.97. The van der Waals surface area contributed by atoms with E-state index in [1.807, 2.05) is 26.0 Å². The minimum atomic E-state index is -0.850. The smallest absolute Gasteiger partial charge is 0.308 e. The highest BCUT2D eigenvalue weighted by Gasteiger charge is 2.32. The van der Waals surface area contributed by atoms with E-state index < -0.39 is 11.9 Å². The molecule has 1 aromatic carbocycles. The van der Waals surface area contributed by atoms with Crippen molar-refractivity contribution in [2.24, 2.45) is 5.92 Å². The van der Waals surface area contributed by atoms with Crippen molar-refractivity contribution in [2.45, 2.75) is 32.7 Å². The van der Waals surface area contributed by atoms with E-state index in [1.165, 1.54) is 0 Å². The maximum Gasteiger partial charge on any atom is 0.308 e. The lowest BCUT2D eigenvalue weighted by Crippen LogP contribution is -2.49. The summed E-state index contributed by atoms with van der Waals surface area (Å²) in [5.74, 6) is -0.432. The molecule has 1 amide bonds. The highest BCUT2D eigenvalue weighted by atomic mass is 16.5. The van der Waals surface area contributed by atoms with Gasteiger partial charge in [0.05, 0.1) is 12.5 Å². The standard InChI is InChI=1S/C17H23NO5/c1-3-22-14-6-4-5-7-15(14)23-11-16(19)18-10-13(17(20)21)9-8-12(18)2/h4-7,12-13H,3,8-11H2,1-2H3,(H,20,21). The highest BCUT2D eigenvalue weighted by Crippen LogP contribution is 2.27. The van der Waals surface area contributed by atoms with Gasteiger partial charge in [0.2, 0.25) is 0 Å². The molecule has 0 aromatic heterocycles. The molecule has 0 radical (unpaired) electrons. The lowest BCUT2D eigenvalue weighted by atomic mass is 9.93. The van der Waals surface area contributed by atoms with Crippen LogP contribution in [0.3, 0.4) is 0 Å². The van der Waals surface area contributed by atoms with Crippen LogP contribution in [0.5, 0.6) is 11.5 Å². The van der Waals surface area contributed by atoms with Crippen molar-refractivity contribution < 1.29 is 24.2 Å². The Hall–Kier alpha value is -2.24. The fourth-order valence-corrected chi connectivity index (χ4v) is 2.72. The van der Waals surface area contributed by atoms with Crippen LogP contribution in [-0.4, -0.2) is 47.7 Å². The summed E-state index contributed by atoms with van der Waals surface area (Å²) in [6.07, 6.45) is 1.30. The van der Waals surface area contributed by atoms with E-state index in [0.717, 1.165) is 0 Å². The molecule has 2 atom stereocenters. The number of aliphatic carboxylic acids is 1. The molecule has 6 nitrogen and oxygen atoms in total. The zero-order valence-corrected chi connectivity index (χ0v) is 13.5. The van der Waals surface area contributed by atoms with E-state index in [1.54, 1.807) is 17.0 Å². The van der Waals surface area contributed by atoms with Crippen LogP contribution in [0.2, 0.25) is 0 Å². The summed E-state index contributed by atoms with van der Waals surface area (Å²) < 4.78 is 11.0. The van der Waals surface area contributed by atoms with Crippen molar-refractivity contribution in [3.8, 4) is 11.5 Å². The van der Waals surface area contributed by atoms with E-state index in [-0.39, 0.29) is 25.1 Å². The zero-order chi connectivity index (χ0) is 16.8. The number of piperidine rings is 1. The zero-order valence-electron chi connectivity index (χ0n) is 13.5. The number of para-hydroxylation sites is 2. The summed E-state index contributed by atoms with van der Waals surface area (Å²) in [4.78, 5) is 25.1. The summed E-state index contributed by atoms with van der Waals surface area (Å²) in [6, 6.07) is 7.21. The van der Waals surface area contributed by atoms with Gasteiger partial charge in [-0.25, -0.2) is 0 Å². The summed E-state index contributed by atoms with van der Waals surface area (Å²) in [6.45, 7) is 4.44. The lowest BCUT2D eigenvalue weighted by Gasteiger charge is -2.36. The van der Waals surface area contributed by atoms with Gasteiger partial charge in [0, 0.05) is 12.6 Å². The molecular weight excluding hydrogens is 298 g/mol. The number of carbonyl (C=O) groups excluding carboxylic acids is 1. The van der Waals surface area contributed by atoms with Gasteiger partial charge < -0.3 is 19.5 Å². The second-order valence-electron chi connectivity index (χ2n) is 5.68. The van der Waals surface area contributed by atoms with Gasteiger partial charge in [-0.1, -0.05) is 12.1 Å². The molecule has 1 saturated heterocycles. The Labute approximate surface area is 136 Å². The fraction of sp³-hybridized carbons (Fsp3) is 0.529. The van der Waals surface area contributed by atoms with Crippen LogP contribution in [0.25, 0.3) is 0 Å². The molecule has 23 heavy (non-hydrogen) atoms. The van der Waals surface area contributed by atoms with E-state index in [4.69, 9.17) is 14.6 Å². The quantitative estimate of drug-likeness (QED) is 0.869. The van der Waals surface area contributed by atoms with Crippen LogP contribution in [0.4, 0.5) is 0 Å². The molecule has 1 aliphatic rings. The average molecular weight is 321 g/mol.